The highest BCUT2D eigenvalue weighted by Gasteiger charge is 2.19. The summed E-state index contributed by atoms with van der Waals surface area (Å²) in [5.41, 5.74) is 1.04. The van der Waals surface area contributed by atoms with E-state index in [4.69, 9.17) is 11.6 Å². The van der Waals surface area contributed by atoms with Crippen LogP contribution in [0, 0.1) is 5.92 Å². The monoisotopic (exact) mass is 302 g/mol. The van der Waals surface area contributed by atoms with Gasteiger partial charge >= 0.3 is 0 Å². The standard InChI is InChI=1S/C14H19ClN2O.ClH/c1-10(12-3-2-4-13(15)8-12)17-14(18)7-11-5-6-16-9-11;/h2-4,8,10-11,16H,5-7,9H2,1H3,(H,17,18);1H. The Bertz CT molecular complexity index is 420. The molecular formula is C14H20Cl2N2O. The van der Waals surface area contributed by atoms with Crippen molar-refractivity contribution in [1.82, 2.24) is 10.6 Å². The normalized spacial score (nSPS) is 19.6. The Morgan fingerprint density at radius 2 is 2.37 bits per heavy atom. The van der Waals surface area contributed by atoms with E-state index in [1.54, 1.807) is 0 Å². The number of rotatable bonds is 4. The Labute approximate surface area is 125 Å². The fourth-order valence-electron chi connectivity index (χ4n) is 2.31. The third-order valence-electron chi connectivity index (χ3n) is 3.36. The zero-order valence-corrected chi connectivity index (χ0v) is 12.6. The van der Waals surface area contributed by atoms with Gasteiger partial charge in [0.05, 0.1) is 6.04 Å². The van der Waals surface area contributed by atoms with Gasteiger partial charge in [0.25, 0.3) is 0 Å². The molecule has 2 unspecified atom stereocenters. The average Bonchev–Trinajstić information content (AvgIpc) is 2.81. The molecule has 2 atom stereocenters. The molecule has 0 saturated carbocycles. The number of benzene rings is 1. The van der Waals surface area contributed by atoms with Crippen molar-refractivity contribution in [3.8, 4) is 0 Å². The van der Waals surface area contributed by atoms with Crippen LogP contribution < -0.4 is 10.6 Å². The van der Waals surface area contributed by atoms with E-state index in [0.717, 1.165) is 25.1 Å². The number of carbonyl (C=O) groups excluding carboxylic acids is 1. The molecule has 0 spiro atoms. The smallest absolute Gasteiger partial charge is 0.220 e. The topological polar surface area (TPSA) is 41.1 Å². The van der Waals surface area contributed by atoms with Crippen LogP contribution in [0.15, 0.2) is 24.3 Å². The maximum absolute atomic E-state index is 11.9. The lowest BCUT2D eigenvalue weighted by Gasteiger charge is -2.16. The van der Waals surface area contributed by atoms with E-state index in [0.29, 0.717) is 17.4 Å². The summed E-state index contributed by atoms with van der Waals surface area (Å²) < 4.78 is 0. The molecule has 1 aliphatic rings. The number of hydrogen-bond acceptors (Lipinski definition) is 2. The van der Waals surface area contributed by atoms with Crippen molar-refractivity contribution in [2.24, 2.45) is 5.92 Å². The van der Waals surface area contributed by atoms with Gasteiger partial charge in [-0.25, -0.2) is 0 Å². The Morgan fingerprint density at radius 3 is 3.00 bits per heavy atom. The molecule has 5 heteroatoms. The number of amides is 1. The van der Waals surface area contributed by atoms with E-state index in [1.165, 1.54) is 0 Å². The van der Waals surface area contributed by atoms with E-state index in [2.05, 4.69) is 10.6 Å². The molecule has 1 amide bonds. The molecule has 1 aromatic rings. The Balaban J connectivity index is 0.00000180. The van der Waals surface area contributed by atoms with E-state index >= 15 is 0 Å². The highest BCUT2D eigenvalue weighted by atomic mass is 35.5. The second kappa shape index (κ2) is 7.73. The van der Waals surface area contributed by atoms with E-state index in [9.17, 15) is 4.79 Å². The van der Waals surface area contributed by atoms with Crippen LogP contribution in [0.1, 0.15) is 31.4 Å². The maximum Gasteiger partial charge on any atom is 0.220 e. The van der Waals surface area contributed by atoms with E-state index < -0.39 is 0 Å². The van der Waals surface area contributed by atoms with Gasteiger partial charge in [-0.1, -0.05) is 23.7 Å². The van der Waals surface area contributed by atoms with Crippen molar-refractivity contribution in [3.63, 3.8) is 0 Å². The zero-order chi connectivity index (χ0) is 13.0. The van der Waals surface area contributed by atoms with Gasteiger partial charge in [-0.15, -0.1) is 12.4 Å². The molecule has 0 aliphatic carbocycles. The minimum atomic E-state index is 0. The SMILES string of the molecule is CC(NC(=O)CC1CCNC1)c1cccc(Cl)c1.Cl. The van der Waals surface area contributed by atoms with Gasteiger partial charge in [0, 0.05) is 11.4 Å². The van der Waals surface area contributed by atoms with Crippen LogP contribution in [-0.2, 0) is 4.79 Å². The molecule has 2 rings (SSSR count). The molecule has 1 heterocycles. The van der Waals surface area contributed by atoms with Crippen molar-refractivity contribution in [1.29, 1.82) is 0 Å². The Morgan fingerprint density at radius 1 is 1.58 bits per heavy atom. The first-order valence-corrected chi connectivity index (χ1v) is 6.78. The van der Waals surface area contributed by atoms with Crippen LogP contribution in [0.3, 0.4) is 0 Å². The van der Waals surface area contributed by atoms with Crippen molar-refractivity contribution in [3.05, 3.63) is 34.9 Å². The predicted octanol–water partition coefficient (Wildman–Crippen LogP) is 2.94. The van der Waals surface area contributed by atoms with Gasteiger partial charge in [0.15, 0.2) is 0 Å². The first-order valence-electron chi connectivity index (χ1n) is 6.40. The van der Waals surface area contributed by atoms with Crippen LogP contribution in [0.25, 0.3) is 0 Å². The van der Waals surface area contributed by atoms with Gasteiger partial charge in [0.1, 0.15) is 0 Å². The van der Waals surface area contributed by atoms with E-state index in [1.807, 2.05) is 31.2 Å². The summed E-state index contributed by atoms with van der Waals surface area (Å²) in [6.45, 7) is 3.97. The summed E-state index contributed by atoms with van der Waals surface area (Å²) in [5.74, 6) is 0.604. The minimum absolute atomic E-state index is 0. The lowest BCUT2D eigenvalue weighted by molar-refractivity contribution is -0.122. The zero-order valence-electron chi connectivity index (χ0n) is 11.0. The van der Waals surface area contributed by atoms with Crippen LogP contribution in [0.5, 0.6) is 0 Å². The molecule has 0 radical (unpaired) electrons. The van der Waals surface area contributed by atoms with Crippen LogP contribution in [-0.4, -0.2) is 19.0 Å². The van der Waals surface area contributed by atoms with Gasteiger partial charge < -0.3 is 10.6 Å². The summed E-state index contributed by atoms with van der Waals surface area (Å²) in [6.07, 6.45) is 1.71. The van der Waals surface area contributed by atoms with Gasteiger partial charge in [-0.05, 0) is 50.0 Å². The Kier molecular flexibility index (Phi) is 6.63. The van der Waals surface area contributed by atoms with Crippen molar-refractivity contribution < 1.29 is 4.79 Å². The maximum atomic E-state index is 11.9. The Hall–Kier alpha value is -0.770. The number of hydrogen-bond donors (Lipinski definition) is 2. The summed E-state index contributed by atoms with van der Waals surface area (Å²) in [5, 5.41) is 7.00. The fourth-order valence-corrected chi connectivity index (χ4v) is 2.51. The van der Waals surface area contributed by atoms with Crippen LogP contribution >= 0.6 is 24.0 Å². The average molecular weight is 303 g/mol. The summed E-state index contributed by atoms with van der Waals surface area (Å²) in [6, 6.07) is 7.62. The molecule has 1 fully saturated rings. The summed E-state index contributed by atoms with van der Waals surface area (Å²) in [7, 11) is 0. The highest BCUT2D eigenvalue weighted by molar-refractivity contribution is 6.30. The van der Waals surface area contributed by atoms with Crippen molar-refractivity contribution >= 4 is 29.9 Å². The third kappa shape index (κ3) is 5.01. The largest absolute Gasteiger partial charge is 0.350 e. The number of halogens is 2. The molecule has 1 aliphatic heterocycles. The van der Waals surface area contributed by atoms with Crippen LogP contribution in [0.2, 0.25) is 5.02 Å². The first kappa shape index (κ1) is 16.3. The first-order chi connectivity index (χ1) is 8.65. The van der Waals surface area contributed by atoms with Crippen molar-refractivity contribution in [2.45, 2.75) is 25.8 Å². The van der Waals surface area contributed by atoms with Gasteiger partial charge in [0.2, 0.25) is 5.91 Å². The lowest BCUT2D eigenvalue weighted by atomic mass is 10.0. The van der Waals surface area contributed by atoms with Gasteiger partial charge in [-0.2, -0.15) is 0 Å². The molecule has 106 valence electrons. The fraction of sp³-hybridized carbons (Fsp3) is 0.500. The van der Waals surface area contributed by atoms with Crippen LogP contribution in [0.4, 0.5) is 0 Å². The second-order valence-corrected chi connectivity index (χ2v) is 5.34. The lowest BCUT2D eigenvalue weighted by Crippen LogP contribution is -2.28. The predicted molar refractivity (Wildman–Crippen MR) is 80.9 cm³/mol. The molecule has 3 nitrogen and oxygen atoms in total. The molecular weight excluding hydrogens is 283 g/mol. The van der Waals surface area contributed by atoms with Gasteiger partial charge in [-0.3, -0.25) is 4.79 Å². The molecule has 19 heavy (non-hydrogen) atoms. The molecule has 1 aromatic carbocycles. The van der Waals surface area contributed by atoms with Crippen molar-refractivity contribution in [2.75, 3.05) is 13.1 Å². The van der Waals surface area contributed by atoms with E-state index in [-0.39, 0.29) is 24.4 Å². The molecule has 2 N–H and O–H groups in total. The third-order valence-corrected chi connectivity index (χ3v) is 3.60. The molecule has 0 aromatic heterocycles. The summed E-state index contributed by atoms with van der Waals surface area (Å²) >= 11 is 5.94. The second-order valence-electron chi connectivity index (χ2n) is 4.91. The summed E-state index contributed by atoms with van der Waals surface area (Å²) in [4.78, 5) is 11.9. The molecule has 0 bridgehead atoms. The number of nitrogens with one attached hydrogen (secondary N) is 2. The minimum Gasteiger partial charge on any atom is -0.350 e. The quantitative estimate of drug-likeness (QED) is 0.898. The highest BCUT2D eigenvalue weighted by Crippen LogP contribution is 2.18. The number of carbonyl (C=O) groups is 1. The molecule has 1 saturated heterocycles.